The molecule has 2 heterocycles. The minimum atomic E-state index is -0.324. The second-order valence-electron chi connectivity index (χ2n) is 3.81. The van der Waals surface area contributed by atoms with Crippen molar-refractivity contribution in [3.63, 3.8) is 0 Å². The van der Waals surface area contributed by atoms with E-state index < -0.39 is 0 Å². The summed E-state index contributed by atoms with van der Waals surface area (Å²) < 4.78 is 0. The van der Waals surface area contributed by atoms with Gasteiger partial charge in [0.15, 0.2) is 0 Å². The third kappa shape index (κ3) is 1.76. The van der Waals surface area contributed by atoms with Crippen LogP contribution in [0.1, 0.15) is 17.4 Å². The first-order valence-corrected chi connectivity index (χ1v) is 5.30. The van der Waals surface area contributed by atoms with E-state index >= 15 is 0 Å². The predicted octanol–water partition coefficient (Wildman–Crippen LogP) is 1.40. The maximum atomic E-state index is 6.08. The Bertz CT molecular complexity index is 632. The Labute approximate surface area is 97.7 Å². The number of rotatable bonds is 2. The molecule has 0 aliphatic rings. The van der Waals surface area contributed by atoms with Crippen LogP contribution >= 0.6 is 0 Å². The number of aromatic nitrogens is 4. The first-order chi connectivity index (χ1) is 8.34. The highest BCUT2D eigenvalue weighted by Gasteiger charge is 2.12. The van der Waals surface area contributed by atoms with E-state index in [4.69, 9.17) is 5.73 Å². The van der Waals surface area contributed by atoms with Crippen LogP contribution in [-0.4, -0.2) is 20.2 Å². The SMILES string of the molecule is NC(c1cnc2ccccc2c1)c1ncn[nH]1. The number of nitrogens with one attached hydrogen (secondary N) is 1. The van der Waals surface area contributed by atoms with E-state index in [2.05, 4.69) is 20.2 Å². The number of benzene rings is 1. The van der Waals surface area contributed by atoms with Crippen LogP contribution in [-0.2, 0) is 0 Å². The summed E-state index contributed by atoms with van der Waals surface area (Å²) in [6.45, 7) is 0. The van der Waals surface area contributed by atoms with Crippen molar-refractivity contribution in [1.29, 1.82) is 0 Å². The van der Waals surface area contributed by atoms with E-state index in [1.807, 2.05) is 30.3 Å². The van der Waals surface area contributed by atoms with Crippen molar-refractivity contribution in [2.75, 3.05) is 0 Å². The van der Waals surface area contributed by atoms with Crippen LogP contribution in [0.3, 0.4) is 0 Å². The van der Waals surface area contributed by atoms with Crippen LogP contribution in [0.15, 0.2) is 42.9 Å². The molecule has 0 saturated heterocycles. The van der Waals surface area contributed by atoms with Crippen molar-refractivity contribution < 1.29 is 0 Å². The van der Waals surface area contributed by atoms with E-state index in [1.54, 1.807) is 6.20 Å². The molecule has 0 fully saturated rings. The Morgan fingerprint density at radius 2 is 2.06 bits per heavy atom. The lowest BCUT2D eigenvalue weighted by molar-refractivity contribution is 0.785. The number of para-hydroxylation sites is 1. The molecule has 0 spiro atoms. The summed E-state index contributed by atoms with van der Waals surface area (Å²) in [7, 11) is 0. The maximum Gasteiger partial charge on any atom is 0.145 e. The van der Waals surface area contributed by atoms with Gasteiger partial charge in [0.2, 0.25) is 0 Å². The molecule has 17 heavy (non-hydrogen) atoms. The average Bonchev–Trinajstić information content (AvgIpc) is 2.91. The van der Waals surface area contributed by atoms with Gasteiger partial charge >= 0.3 is 0 Å². The molecule has 0 radical (unpaired) electrons. The van der Waals surface area contributed by atoms with Gasteiger partial charge in [0.05, 0.1) is 11.6 Å². The number of nitrogens with zero attached hydrogens (tertiary/aromatic N) is 3. The fraction of sp³-hybridized carbons (Fsp3) is 0.0833. The third-order valence-corrected chi connectivity index (χ3v) is 2.70. The van der Waals surface area contributed by atoms with E-state index in [0.717, 1.165) is 16.5 Å². The molecular weight excluding hydrogens is 214 g/mol. The van der Waals surface area contributed by atoms with Gasteiger partial charge in [-0.1, -0.05) is 18.2 Å². The van der Waals surface area contributed by atoms with Crippen molar-refractivity contribution in [1.82, 2.24) is 20.2 Å². The lowest BCUT2D eigenvalue weighted by Gasteiger charge is -2.08. The predicted molar refractivity (Wildman–Crippen MR) is 64.2 cm³/mol. The summed E-state index contributed by atoms with van der Waals surface area (Å²) >= 11 is 0. The molecule has 3 N–H and O–H groups in total. The molecule has 0 saturated carbocycles. The van der Waals surface area contributed by atoms with Gasteiger partial charge in [-0.3, -0.25) is 10.1 Å². The van der Waals surface area contributed by atoms with E-state index in [-0.39, 0.29) is 6.04 Å². The van der Waals surface area contributed by atoms with Gasteiger partial charge in [-0.2, -0.15) is 5.10 Å². The molecule has 0 aliphatic carbocycles. The van der Waals surface area contributed by atoms with Gasteiger partial charge in [-0.05, 0) is 17.7 Å². The Morgan fingerprint density at radius 3 is 2.88 bits per heavy atom. The Kier molecular flexibility index (Phi) is 2.31. The lowest BCUT2D eigenvalue weighted by atomic mass is 10.1. The summed E-state index contributed by atoms with van der Waals surface area (Å²) in [4.78, 5) is 8.42. The Morgan fingerprint density at radius 1 is 1.18 bits per heavy atom. The van der Waals surface area contributed by atoms with E-state index in [1.165, 1.54) is 6.33 Å². The normalized spacial score (nSPS) is 12.8. The quantitative estimate of drug-likeness (QED) is 0.690. The molecule has 0 amide bonds. The van der Waals surface area contributed by atoms with Crippen LogP contribution in [0, 0.1) is 0 Å². The molecule has 1 aromatic carbocycles. The monoisotopic (exact) mass is 225 g/mol. The third-order valence-electron chi connectivity index (χ3n) is 2.70. The van der Waals surface area contributed by atoms with Gasteiger partial charge in [0, 0.05) is 11.6 Å². The minimum absolute atomic E-state index is 0.324. The van der Waals surface area contributed by atoms with Crippen molar-refractivity contribution in [2.45, 2.75) is 6.04 Å². The first-order valence-electron chi connectivity index (χ1n) is 5.30. The zero-order chi connectivity index (χ0) is 11.7. The zero-order valence-electron chi connectivity index (χ0n) is 9.04. The smallest absolute Gasteiger partial charge is 0.145 e. The molecule has 2 aromatic heterocycles. The Balaban J connectivity index is 2.06. The number of H-pyrrole nitrogens is 1. The molecule has 0 aliphatic heterocycles. The van der Waals surface area contributed by atoms with E-state index in [0.29, 0.717) is 5.82 Å². The van der Waals surface area contributed by atoms with Gasteiger partial charge < -0.3 is 5.73 Å². The number of fused-ring (bicyclic) bond motifs is 1. The molecule has 0 bridgehead atoms. The summed E-state index contributed by atoms with van der Waals surface area (Å²) in [5, 5.41) is 7.63. The highest BCUT2D eigenvalue weighted by atomic mass is 15.2. The van der Waals surface area contributed by atoms with Crippen molar-refractivity contribution in [3.05, 3.63) is 54.2 Å². The minimum Gasteiger partial charge on any atom is -0.318 e. The largest absolute Gasteiger partial charge is 0.318 e. The van der Waals surface area contributed by atoms with Crippen molar-refractivity contribution in [3.8, 4) is 0 Å². The second kappa shape index (κ2) is 3.95. The van der Waals surface area contributed by atoms with Gasteiger partial charge in [-0.25, -0.2) is 4.98 Å². The molecule has 5 heteroatoms. The molecule has 3 aromatic rings. The van der Waals surface area contributed by atoms with Crippen molar-refractivity contribution >= 4 is 10.9 Å². The molecule has 3 rings (SSSR count). The molecule has 1 atom stereocenters. The highest BCUT2D eigenvalue weighted by molar-refractivity contribution is 5.78. The average molecular weight is 225 g/mol. The van der Waals surface area contributed by atoms with Gasteiger partial charge in [0.25, 0.3) is 0 Å². The summed E-state index contributed by atoms with van der Waals surface area (Å²) in [6.07, 6.45) is 3.22. The van der Waals surface area contributed by atoms with Crippen molar-refractivity contribution in [2.24, 2.45) is 5.73 Å². The molecular formula is C12H11N5. The summed E-state index contributed by atoms with van der Waals surface area (Å²) in [5.41, 5.74) is 7.95. The number of hydrogen-bond donors (Lipinski definition) is 2. The Hall–Kier alpha value is -2.27. The summed E-state index contributed by atoms with van der Waals surface area (Å²) in [5.74, 6) is 0.641. The lowest BCUT2D eigenvalue weighted by Crippen LogP contribution is -2.13. The molecule has 5 nitrogen and oxygen atoms in total. The standard InChI is InChI=1S/C12H11N5/c13-11(12-15-7-16-17-12)9-5-8-3-1-2-4-10(8)14-6-9/h1-7,11H,13H2,(H,15,16,17). The topological polar surface area (TPSA) is 80.5 Å². The molecule has 1 unspecified atom stereocenters. The zero-order valence-corrected chi connectivity index (χ0v) is 9.04. The fourth-order valence-corrected chi connectivity index (χ4v) is 1.78. The number of pyridine rings is 1. The van der Waals surface area contributed by atoms with E-state index in [9.17, 15) is 0 Å². The fourth-order valence-electron chi connectivity index (χ4n) is 1.78. The van der Waals surface area contributed by atoms with Crippen LogP contribution < -0.4 is 5.73 Å². The first kappa shape index (κ1) is 9.92. The van der Waals surface area contributed by atoms with Crippen LogP contribution in [0.2, 0.25) is 0 Å². The number of aromatic amines is 1. The van der Waals surface area contributed by atoms with Crippen LogP contribution in [0.4, 0.5) is 0 Å². The van der Waals surface area contributed by atoms with Crippen LogP contribution in [0.5, 0.6) is 0 Å². The summed E-state index contributed by atoms with van der Waals surface area (Å²) in [6, 6.07) is 9.63. The number of nitrogens with two attached hydrogens (primary N) is 1. The number of hydrogen-bond acceptors (Lipinski definition) is 4. The second-order valence-corrected chi connectivity index (χ2v) is 3.81. The van der Waals surface area contributed by atoms with Gasteiger partial charge in [-0.15, -0.1) is 0 Å². The maximum absolute atomic E-state index is 6.08. The van der Waals surface area contributed by atoms with Crippen LogP contribution in [0.25, 0.3) is 10.9 Å². The van der Waals surface area contributed by atoms with Gasteiger partial charge in [0.1, 0.15) is 12.2 Å². The molecule has 84 valence electrons. The highest BCUT2D eigenvalue weighted by Crippen LogP contribution is 2.19.